The van der Waals surface area contributed by atoms with Gasteiger partial charge in [-0.15, -0.1) is 0 Å². The van der Waals surface area contributed by atoms with Gasteiger partial charge < -0.3 is 10.3 Å². The van der Waals surface area contributed by atoms with E-state index in [0.29, 0.717) is 6.04 Å². The Hall–Kier alpha value is -1.09. The lowest BCUT2D eigenvalue weighted by Crippen LogP contribution is -2.14. The van der Waals surface area contributed by atoms with E-state index in [2.05, 4.69) is 10.3 Å². The van der Waals surface area contributed by atoms with E-state index < -0.39 is 0 Å². The molecule has 1 aliphatic heterocycles. The summed E-state index contributed by atoms with van der Waals surface area (Å²) < 4.78 is 0. The van der Waals surface area contributed by atoms with Crippen molar-refractivity contribution < 1.29 is 0 Å². The maximum absolute atomic E-state index is 10.8. The number of aromatic nitrogens is 1. The summed E-state index contributed by atoms with van der Waals surface area (Å²) in [7, 11) is 0. The van der Waals surface area contributed by atoms with E-state index in [1.807, 2.05) is 6.07 Å². The molecule has 0 saturated carbocycles. The zero-order valence-corrected chi connectivity index (χ0v) is 6.84. The van der Waals surface area contributed by atoms with Crippen LogP contribution in [0.4, 0.5) is 0 Å². The summed E-state index contributed by atoms with van der Waals surface area (Å²) >= 11 is 0. The van der Waals surface area contributed by atoms with Crippen molar-refractivity contribution in [3.63, 3.8) is 0 Å². The fourth-order valence-corrected chi connectivity index (χ4v) is 1.61. The first-order chi connectivity index (χ1) is 5.86. The van der Waals surface area contributed by atoms with Crippen molar-refractivity contribution in [2.24, 2.45) is 0 Å². The van der Waals surface area contributed by atoms with Crippen molar-refractivity contribution >= 4 is 0 Å². The summed E-state index contributed by atoms with van der Waals surface area (Å²) in [5.74, 6) is 0. The van der Waals surface area contributed by atoms with Crippen molar-refractivity contribution in [3.05, 3.63) is 34.2 Å². The minimum Gasteiger partial charge on any atom is -0.329 e. The van der Waals surface area contributed by atoms with Crippen LogP contribution >= 0.6 is 0 Å². The average Bonchev–Trinajstić information content (AvgIpc) is 2.58. The van der Waals surface area contributed by atoms with Gasteiger partial charge in [0.1, 0.15) is 0 Å². The maximum Gasteiger partial charge on any atom is 0.247 e. The summed E-state index contributed by atoms with van der Waals surface area (Å²) in [5.41, 5.74) is 1.16. The molecule has 0 bridgehead atoms. The summed E-state index contributed by atoms with van der Waals surface area (Å²) in [6.07, 6.45) is 4.20. The maximum atomic E-state index is 10.8. The van der Waals surface area contributed by atoms with Crippen molar-refractivity contribution in [1.82, 2.24) is 10.3 Å². The Morgan fingerprint density at radius 1 is 1.42 bits per heavy atom. The predicted octanol–water partition coefficient (Wildman–Crippen LogP) is 0.799. The molecule has 0 amide bonds. The Morgan fingerprint density at radius 2 is 2.33 bits per heavy atom. The van der Waals surface area contributed by atoms with Crippen LogP contribution in [-0.4, -0.2) is 11.5 Å². The Bertz CT molecular complexity index is 292. The second-order valence-electron chi connectivity index (χ2n) is 3.14. The average molecular weight is 164 g/mol. The summed E-state index contributed by atoms with van der Waals surface area (Å²) in [6.45, 7) is 1.09. The molecule has 1 aromatic rings. The summed E-state index contributed by atoms with van der Waals surface area (Å²) in [5, 5.41) is 3.37. The van der Waals surface area contributed by atoms with E-state index in [1.54, 1.807) is 12.3 Å². The van der Waals surface area contributed by atoms with Gasteiger partial charge >= 0.3 is 0 Å². The topological polar surface area (TPSA) is 44.9 Å². The molecule has 1 fully saturated rings. The molecule has 1 saturated heterocycles. The standard InChI is InChI=1S/C9H12N2O/c12-9-4-3-7(6-11-9)8-2-1-5-10-8/h3-4,6,8,10H,1-2,5H2,(H,11,12). The second kappa shape index (κ2) is 3.11. The monoisotopic (exact) mass is 164 g/mol. The molecular weight excluding hydrogens is 152 g/mol. The normalized spacial score (nSPS) is 22.8. The van der Waals surface area contributed by atoms with Gasteiger partial charge in [0.05, 0.1) is 0 Å². The molecule has 2 heterocycles. The highest BCUT2D eigenvalue weighted by molar-refractivity contribution is 5.14. The third kappa shape index (κ3) is 1.41. The van der Waals surface area contributed by atoms with Crippen molar-refractivity contribution in [3.8, 4) is 0 Å². The molecule has 1 atom stereocenters. The molecule has 0 radical (unpaired) electrons. The first kappa shape index (κ1) is 7.55. The number of hydrogen-bond acceptors (Lipinski definition) is 2. The lowest BCUT2D eigenvalue weighted by molar-refractivity contribution is 0.644. The molecule has 0 aliphatic carbocycles. The Labute approximate surface area is 70.8 Å². The minimum atomic E-state index is -0.0308. The molecule has 3 nitrogen and oxygen atoms in total. The van der Waals surface area contributed by atoms with Gasteiger partial charge in [-0.05, 0) is 24.9 Å². The first-order valence-electron chi connectivity index (χ1n) is 4.28. The van der Waals surface area contributed by atoms with Crippen LogP contribution in [0.25, 0.3) is 0 Å². The van der Waals surface area contributed by atoms with Crippen molar-refractivity contribution in [2.45, 2.75) is 18.9 Å². The summed E-state index contributed by atoms with van der Waals surface area (Å²) in [4.78, 5) is 13.4. The first-order valence-corrected chi connectivity index (χ1v) is 4.28. The number of aromatic amines is 1. The number of pyridine rings is 1. The van der Waals surface area contributed by atoms with E-state index in [-0.39, 0.29) is 5.56 Å². The van der Waals surface area contributed by atoms with E-state index in [1.165, 1.54) is 18.4 Å². The van der Waals surface area contributed by atoms with Crippen LogP contribution in [0.2, 0.25) is 0 Å². The van der Waals surface area contributed by atoms with Gasteiger partial charge in [-0.3, -0.25) is 4.79 Å². The van der Waals surface area contributed by atoms with E-state index in [9.17, 15) is 4.79 Å². The van der Waals surface area contributed by atoms with Gasteiger partial charge in [-0.2, -0.15) is 0 Å². The molecule has 2 rings (SSSR count). The largest absolute Gasteiger partial charge is 0.329 e. The van der Waals surface area contributed by atoms with Crippen LogP contribution in [0.15, 0.2) is 23.1 Å². The van der Waals surface area contributed by atoms with E-state index >= 15 is 0 Å². The quantitative estimate of drug-likeness (QED) is 0.644. The fraction of sp³-hybridized carbons (Fsp3) is 0.444. The minimum absolute atomic E-state index is 0.0308. The lowest BCUT2D eigenvalue weighted by atomic mass is 10.1. The van der Waals surface area contributed by atoms with E-state index in [4.69, 9.17) is 0 Å². The Morgan fingerprint density at radius 3 is 2.92 bits per heavy atom. The molecule has 2 N–H and O–H groups in total. The van der Waals surface area contributed by atoms with Gasteiger partial charge in [0.25, 0.3) is 0 Å². The number of nitrogens with one attached hydrogen (secondary N) is 2. The van der Waals surface area contributed by atoms with Crippen LogP contribution in [0.3, 0.4) is 0 Å². The number of hydrogen-bond donors (Lipinski definition) is 2. The molecule has 12 heavy (non-hydrogen) atoms. The van der Waals surface area contributed by atoms with Crippen LogP contribution in [0.1, 0.15) is 24.4 Å². The SMILES string of the molecule is O=c1ccc(C2CCCN2)c[nH]1. The predicted molar refractivity (Wildman–Crippen MR) is 47.0 cm³/mol. The molecule has 0 aromatic carbocycles. The van der Waals surface area contributed by atoms with Gasteiger partial charge in [0.2, 0.25) is 5.56 Å². The van der Waals surface area contributed by atoms with Crippen LogP contribution < -0.4 is 10.9 Å². The zero-order valence-electron chi connectivity index (χ0n) is 6.84. The highest BCUT2D eigenvalue weighted by Gasteiger charge is 2.15. The Kier molecular flexibility index (Phi) is 1.96. The molecular formula is C9H12N2O. The van der Waals surface area contributed by atoms with Crippen molar-refractivity contribution in [2.75, 3.05) is 6.54 Å². The third-order valence-electron chi connectivity index (χ3n) is 2.27. The highest BCUT2D eigenvalue weighted by atomic mass is 16.1. The number of rotatable bonds is 1. The van der Waals surface area contributed by atoms with Crippen LogP contribution in [-0.2, 0) is 0 Å². The summed E-state index contributed by atoms with van der Waals surface area (Å²) in [6, 6.07) is 3.92. The Balaban J connectivity index is 2.22. The molecule has 1 aliphatic rings. The fourth-order valence-electron chi connectivity index (χ4n) is 1.61. The van der Waals surface area contributed by atoms with Gasteiger partial charge in [-0.1, -0.05) is 6.07 Å². The molecule has 3 heteroatoms. The molecule has 0 spiro atoms. The van der Waals surface area contributed by atoms with Crippen molar-refractivity contribution in [1.29, 1.82) is 0 Å². The van der Waals surface area contributed by atoms with Gasteiger partial charge in [0.15, 0.2) is 0 Å². The number of H-pyrrole nitrogens is 1. The highest BCUT2D eigenvalue weighted by Crippen LogP contribution is 2.20. The lowest BCUT2D eigenvalue weighted by Gasteiger charge is -2.08. The smallest absolute Gasteiger partial charge is 0.247 e. The van der Waals surface area contributed by atoms with Gasteiger partial charge in [0, 0.05) is 18.3 Å². The molecule has 64 valence electrons. The van der Waals surface area contributed by atoms with Crippen LogP contribution in [0, 0.1) is 0 Å². The third-order valence-corrected chi connectivity index (χ3v) is 2.27. The van der Waals surface area contributed by atoms with Crippen LogP contribution in [0.5, 0.6) is 0 Å². The van der Waals surface area contributed by atoms with E-state index in [0.717, 1.165) is 6.54 Å². The zero-order chi connectivity index (χ0) is 8.39. The van der Waals surface area contributed by atoms with Gasteiger partial charge in [-0.25, -0.2) is 0 Å². The second-order valence-corrected chi connectivity index (χ2v) is 3.14. The molecule has 1 unspecified atom stereocenters. The molecule has 1 aromatic heterocycles.